The highest BCUT2D eigenvalue weighted by atomic mass is 16.5. The number of amides is 1. The highest BCUT2D eigenvalue weighted by Gasteiger charge is 2.32. The lowest BCUT2D eigenvalue weighted by molar-refractivity contribution is -0.140. The minimum absolute atomic E-state index is 0.0240. The number of carbonyl (C=O) groups is 2. The van der Waals surface area contributed by atoms with Crippen LogP contribution in [0.3, 0.4) is 0 Å². The molecule has 0 radical (unpaired) electrons. The van der Waals surface area contributed by atoms with Crippen LogP contribution in [0, 0.1) is 11.3 Å². The minimum Gasteiger partial charge on any atom is -0.471 e. The van der Waals surface area contributed by atoms with Crippen LogP contribution in [0.2, 0.25) is 0 Å². The Kier molecular flexibility index (Phi) is 5.05. The number of benzene rings is 1. The van der Waals surface area contributed by atoms with Crippen molar-refractivity contribution in [1.82, 2.24) is 9.88 Å². The topological polar surface area (TPSA) is 83.3 Å². The van der Waals surface area contributed by atoms with Gasteiger partial charge >= 0.3 is 0 Å². The third kappa shape index (κ3) is 4.21. The van der Waals surface area contributed by atoms with Gasteiger partial charge in [-0.3, -0.25) is 9.59 Å². The van der Waals surface area contributed by atoms with Crippen molar-refractivity contribution < 1.29 is 14.3 Å². The third-order valence-corrected chi connectivity index (χ3v) is 4.02. The van der Waals surface area contributed by atoms with Gasteiger partial charge in [-0.15, -0.1) is 0 Å². The fourth-order valence-corrected chi connectivity index (χ4v) is 2.55. The summed E-state index contributed by atoms with van der Waals surface area (Å²) in [6.07, 6.45) is 1.76. The van der Waals surface area contributed by atoms with Gasteiger partial charge < -0.3 is 9.64 Å². The summed E-state index contributed by atoms with van der Waals surface area (Å²) in [5.41, 5.74) is 1.10. The van der Waals surface area contributed by atoms with E-state index in [1.54, 1.807) is 29.2 Å². The third-order valence-electron chi connectivity index (χ3n) is 4.02. The average molecular weight is 335 g/mol. The molecular formula is C19H17N3O3. The molecule has 2 aromatic rings. The highest BCUT2D eigenvalue weighted by molar-refractivity contribution is 5.97. The van der Waals surface area contributed by atoms with Crippen molar-refractivity contribution in [1.29, 1.82) is 5.26 Å². The Hall–Kier alpha value is -3.20. The SMILES string of the molecule is N#Cc1ccc(OC2CN(C(=O)CCC(=O)c3ccccc3)C2)nc1. The first-order chi connectivity index (χ1) is 12.2. The van der Waals surface area contributed by atoms with Crippen LogP contribution in [0.4, 0.5) is 0 Å². The highest BCUT2D eigenvalue weighted by Crippen LogP contribution is 2.18. The lowest BCUT2D eigenvalue weighted by Gasteiger charge is -2.38. The predicted molar refractivity (Wildman–Crippen MR) is 90.0 cm³/mol. The first-order valence-corrected chi connectivity index (χ1v) is 8.04. The Labute approximate surface area is 145 Å². The first kappa shape index (κ1) is 16.7. The molecule has 0 bridgehead atoms. The molecule has 1 saturated heterocycles. The average Bonchev–Trinajstić information content (AvgIpc) is 2.63. The molecule has 0 N–H and O–H groups in total. The van der Waals surface area contributed by atoms with Crippen molar-refractivity contribution in [2.75, 3.05) is 13.1 Å². The van der Waals surface area contributed by atoms with Crippen LogP contribution >= 0.6 is 0 Å². The summed E-state index contributed by atoms with van der Waals surface area (Å²) in [6.45, 7) is 0.972. The summed E-state index contributed by atoms with van der Waals surface area (Å²) in [4.78, 5) is 29.8. The van der Waals surface area contributed by atoms with E-state index >= 15 is 0 Å². The van der Waals surface area contributed by atoms with Crippen molar-refractivity contribution in [3.63, 3.8) is 0 Å². The molecule has 1 aliphatic rings. The molecule has 1 amide bonds. The van der Waals surface area contributed by atoms with E-state index in [1.807, 2.05) is 24.3 Å². The van der Waals surface area contributed by atoms with Crippen molar-refractivity contribution in [2.45, 2.75) is 18.9 Å². The van der Waals surface area contributed by atoms with Gasteiger partial charge in [-0.05, 0) is 6.07 Å². The second kappa shape index (κ2) is 7.58. The molecule has 2 heterocycles. The first-order valence-electron chi connectivity index (χ1n) is 8.04. The van der Waals surface area contributed by atoms with E-state index in [-0.39, 0.29) is 30.6 Å². The van der Waals surface area contributed by atoms with Gasteiger partial charge in [-0.1, -0.05) is 30.3 Å². The van der Waals surface area contributed by atoms with Gasteiger partial charge in [0.15, 0.2) is 5.78 Å². The Balaban J connectivity index is 1.40. The van der Waals surface area contributed by atoms with Gasteiger partial charge in [0.1, 0.15) is 12.2 Å². The number of rotatable bonds is 6. The second-order valence-electron chi connectivity index (χ2n) is 5.82. The van der Waals surface area contributed by atoms with Crippen molar-refractivity contribution in [3.05, 3.63) is 59.8 Å². The molecule has 1 aliphatic heterocycles. The number of carbonyl (C=O) groups excluding carboxylic acids is 2. The van der Waals surface area contributed by atoms with Crippen LogP contribution in [0.25, 0.3) is 0 Å². The van der Waals surface area contributed by atoms with E-state index in [2.05, 4.69) is 4.98 Å². The number of hydrogen-bond acceptors (Lipinski definition) is 5. The Morgan fingerprint density at radius 3 is 2.56 bits per heavy atom. The van der Waals surface area contributed by atoms with Gasteiger partial charge in [0, 0.05) is 30.7 Å². The summed E-state index contributed by atoms with van der Waals surface area (Å²) in [7, 11) is 0. The molecule has 1 aromatic heterocycles. The predicted octanol–water partition coefficient (Wildman–Crippen LogP) is 2.21. The van der Waals surface area contributed by atoms with Crippen LogP contribution in [0.15, 0.2) is 48.7 Å². The molecule has 126 valence electrons. The van der Waals surface area contributed by atoms with Crippen molar-refractivity contribution in [3.8, 4) is 11.9 Å². The maximum absolute atomic E-state index is 12.1. The van der Waals surface area contributed by atoms with Gasteiger partial charge in [0.25, 0.3) is 0 Å². The molecule has 0 spiro atoms. The van der Waals surface area contributed by atoms with Crippen molar-refractivity contribution in [2.24, 2.45) is 0 Å². The molecular weight excluding hydrogens is 318 g/mol. The van der Waals surface area contributed by atoms with Gasteiger partial charge in [-0.2, -0.15) is 5.26 Å². The smallest absolute Gasteiger partial charge is 0.223 e. The van der Waals surface area contributed by atoms with Crippen LogP contribution in [-0.2, 0) is 4.79 Å². The zero-order valence-corrected chi connectivity index (χ0v) is 13.6. The number of hydrogen-bond donors (Lipinski definition) is 0. The van der Waals surface area contributed by atoms with Crippen LogP contribution in [-0.4, -0.2) is 40.8 Å². The van der Waals surface area contributed by atoms with Crippen molar-refractivity contribution >= 4 is 11.7 Å². The Morgan fingerprint density at radius 1 is 1.16 bits per heavy atom. The van der Waals surface area contributed by atoms with E-state index in [1.165, 1.54) is 6.20 Å². The number of pyridine rings is 1. The zero-order valence-electron chi connectivity index (χ0n) is 13.6. The van der Waals surface area contributed by atoms with E-state index in [0.29, 0.717) is 30.1 Å². The van der Waals surface area contributed by atoms with Gasteiger partial charge in [0.05, 0.1) is 18.7 Å². The normalized spacial score (nSPS) is 13.6. The quantitative estimate of drug-likeness (QED) is 0.756. The van der Waals surface area contributed by atoms with Gasteiger partial charge in [0.2, 0.25) is 11.8 Å². The second-order valence-corrected chi connectivity index (χ2v) is 5.82. The molecule has 6 nitrogen and oxygen atoms in total. The standard InChI is InChI=1S/C19H17N3O3/c20-10-14-6-8-18(21-11-14)25-16-12-22(13-16)19(24)9-7-17(23)15-4-2-1-3-5-15/h1-6,8,11,16H,7,9,12-13H2. The number of nitriles is 1. The number of likely N-dealkylation sites (tertiary alicyclic amines) is 1. The number of nitrogens with zero attached hydrogens (tertiary/aromatic N) is 3. The van der Waals surface area contributed by atoms with Gasteiger partial charge in [-0.25, -0.2) is 4.98 Å². The number of Topliss-reactive ketones (excluding diaryl/α,β-unsaturated/α-hetero) is 1. The molecule has 0 atom stereocenters. The monoisotopic (exact) mass is 335 g/mol. The summed E-state index contributed by atoms with van der Waals surface area (Å²) in [5, 5.41) is 8.73. The minimum atomic E-state index is -0.103. The molecule has 1 aromatic carbocycles. The molecule has 6 heteroatoms. The maximum Gasteiger partial charge on any atom is 0.223 e. The van der Waals surface area contributed by atoms with Crippen LogP contribution < -0.4 is 4.74 Å². The summed E-state index contributed by atoms with van der Waals surface area (Å²) >= 11 is 0. The fourth-order valence-electron chi connectivity index (χ4n) is 2.55. The van der Waals surface area contributed by atoms with Crippen LogP contribution in [0.1, 0.15) is 28.8 Å². The van der Waals surface area contributed by atoms with E-state index in [0.717, 1.165) is 0 Å². The molecule has 0 unspecified atom stereocenters. The Bertz CT molecular complexity index is 791. The molecule has 25 heavy (non-hydrogen) atoms. The number of ether oxygens (including phenoxy) is 1. The Morgan fingerprint density at radius 2 is 1.92 bits per heavy atom. The number of ketones is 1. The van der Waals surface area contributed by atoms with E-state index in [9.17, 15) is 9.59 Å². The molecule has 0 aliphatic carbocycles. The molecule has 1 fully saturated rings. The van der Waals surface area contributed by atoms with Crippen LogP contribution in [0.5, 0.6) is 5.88 Å². The molecule has 3 rings (SSSR count). The summed E-state index contributed by atoms with van der Waals surface area (Å²) < 4.78 is 5.64. The molecule has 0 saturated carbocycles. The van der Waals surface area contributed by atoms with E-state index < -0.39 is 0 Å². The maximum atomic E-state index is 12.1. The lowest BCUT2D eigenvalue weighted by atomic mass is 10.1. The summed E-state index contributed by atoms with van der Waals surface area (Å²) in [5.74, 6) is 0.372. The van der Waals surface area contributed by atoms with E-state index in [4.69, 9.17) is 10.00 Å². The summed E-state index contributed by atoms with van der Waals surface area (Å²) in [6, 6.07) is 14.3. The lowest BCUT2D eigenvalue weighted by Crippen LogP contribution is -2.56. The zero-order chi connectivity index (χ0) is 17.6. The largest absolute Gasteiger partial charge is 0.471 e. The number of aromatic nitrogens is 1. The fraction of sp³-hybridized carbons (Fsp3) is 0.263.